The van der Waals surface area contributed by atoms with E-state index in [1.54, 1.807) is 0 Å². The molecule has 2 rings (SSSR count). The van der Waals surface area contributed by atoms with Gasteiger partial charge in [-0.25, -0.2) is 17.5 Å². The van der Waals surface area contributed by atoms with E-state index in [1.807, 2.05) is 0 Å². The van der Waals surface area contributed by atoms with Gasteiger partial charge in [-0.15, -0.1) is 5.10 Å². The van der Waals surface area contributed by atoms with Gasteiger partial charge < -0.3 is 5.32 Å². The van der Waals surface area contributed by atoms with Gasteiger partial charge in [0, 0.05) is 5.69 Å². The summed E-state index contributed by atoms with van der Waals surface area (Å²) in [6.45, 7) is 2.25. The van der Waals surface area contributed by atoms with E-state index in [2.05, 4.69) is 25.4 Å². The first-order valence-electron chi connectivity index (χ1n) is 6.45. The summed E-state index contributed by atoms with van der Waals surface area (Å²) in [4.78, 5) is 12.6. The van der Waals surface area contributed by atoms with Crippen LogP contribution in [0.5, 0.6) is 0 Å². The number of nitrogens with one attached hydrogen (secondary N) is 2. The topological polar surface area (TPSA) is 119 Å². The monoisotopic (exact) mass is 342 g/mol. The van der Waals surface area contributed by atoms with Gasteiger partial charge >= 0.3 is 0 Å². The minimum absolute atomic E-state index is 0.0672. The van der Waals surface area contributed by atoms with Crippen LogP contribution >= 0.6 is 0 Å². The molecule has 0 fully saturated rings. The first-order chi connectivity index (χ1) is 10.6. The standard InChI is InChI=1S/C12H15FN6O3S/c1-12(2,13)10(20)14-8-4-6-9(7-5-8)23(21,22)17-11-15-18-19(3)16-11/h4-7H,1-3H3,(H,14,20)(H,16,17). The number of carbonyl (C=O) groups is 1. The van der Waals surface area contributed by atoms with Crippen molar-refractivity contribution in [2.24, 2.45) is 7.05 Å². The van der Waals surface area contributed by atoms with Crippen LogP contribution in [0.2, 0.25) is 0 Å². The summed E-state index contributed by atoms with van der Waals surface area (Å²) < 4.78 is 39.9. The quantitative estimate of drug-likeness (QED) is 0.825. The number of alkyl halides is 1. The molecule has 0 unspecified atom stereocenters. The molecule has 0 saturated carbocycles. The minimum Gasteiger partial charge on any atom is -0.323 e. The van der Waals surface area contributed by atoms with Crippen LogP contribution in [0, 0.1) is 0 Å². The second-order valence-corrected chi connectivity index (χ2v) is 6.84. The third kappa shape index (κ3) is 4.22. The Balaban J connectivity index is 2.14. The summed E-state index contributed by atoms with van der Waals surface area (Å²) >= 11 is 0. The lowest BCUT2D eigenvalue weighted by Gasteiger charge is -2.14. The number of anilines is 2. The molecule has 1 aromatic carbocycles. The molecule has 0 radical (unpaired) electrons. The molecule has 0 aliphatic carbocycles. The first-order valence-corrected chi connectivity index (χ1v) is 7.93. The maximum absolute atomic E-state index is 13.4. The molecule has 23 heavy (non-hydrogen) atoms. The van der Waals surface area contributed by atoms with Gasteiger partial charge in [0.1, 0.15) is 0 Å². The Morgan fingerprint density at radius 1 is 1.26 bits per heavy atom. The van der Waals surface area contributed by atoms with Crippen molar-refractivity contribution in [1.82, 2.24) is 20.2 Å². The highest BCUT2D eigenvalue weighted by Gasteiger charge is 2.26. The van der Waals surface area contributed by atoms with E-state index in [0.717, 1.165) is 18.6 Å². The number of halogens is 1. The Bertz CT molecular complexity index is 810. The Morgan fingerprint density at radius 3 is 2.35 bits per heavy atom. The number of hydrogen-bond acceptors (Lipinski definition) is 6. The van der Waals surface area contributed by atoms with Gasteiger partial charge in [-0.3, -0.25) is 4.79 Å². The van der Waals surface area contributed by atoms with Crippen LogP contribution in [-0.4, -0.2) is 40.2 Å². The average molecular weight is 342 g/mol. The number of nitrogens with zero attached hydrogens (tertiary/aromatic N) is 4. The van der Waals surface area contributed by atoms with E-state index in [4.69, 9.17) is 0 Å². The molecule has 124 valence electrons. The lowest BCUT2D eigenvalue weighted by Crippen LogP contribution is -2.32. The van der Waals surface area contributed by atoms with E-state index in [1.165, 1.54) is 31.3 Å². The SMILES string of the molecule is Cn1nnc(NS(=O)(=O)c2ccc(NC(=O)C(C)(C)F)cc2)n1. The highest BCUT2D eigenvalue weighted by atomic mass is 32.2. The van der Waals surface area contributed by atoms with Crippen LogP contribution in [0.25, 0.3) is 0 Å². The van der Waals surface area contributed by atoms with Crippen molar-refractivity contribution in [3.8, 4) is 0 Å². The van der Waals surface area contributed by atoms with Crippen molar-refractivity contribution in [3.05, 3.63) is 24.3 Å². The van der Waals surface area contributed by atoms with Crippen molar-refractivity contribution in [3.63, 3.8) is 0 Å². The fourth-order valence-corrected chi connectivity index (χ4v) is 2.44. The maximum Gasteiger partial charge on any atom is 0.277 e. The summed E-state index contributed by atoms with van der Waals surface area (Å²) in [6, 6.07) is 5.23. The summed E-state index contributed by atoms with van der Waals surface area (Å²) in [5.74, 6) is -0.987. The van der Waals surface area contributed by atoms with Gasteiger partial charge in [-0.1, -0.05) is 5.10 Å². The largest absolute Gasteiger partial charge is 0.323 e. The highest BCUT2D eigenvalue weighted by molar-refractivity contribution is 7.92. The van der Waals surface area contributed by atoms with E-state index in [0.29, 0.717) is 0 Å². The van der Waals surface area contributed by atoms with Gasteiger partial charge in [-0.05, 0) is 43.3 Å². The Hall–Kier alpha value is -2.56. The summed E-state index contributed by atoms with van der Waals surface area (Å²) in [7, 11) is -2.39. The predicted octanol–water partition coefficient (Wildman–Crippen LogP) is 0.697. The maximum atomic E-state index is 13.4. The van der Waals surface area contributed by atoms with Gasteiger partial charge in [-0.2, -0.15) is 4.80 Å². The van der Waals surface area contributed by atoms with Crippen LogP contribution in [0.3, 0.4) is 0 Å². The molecule has 9 nitrogen and oxygen atoms in total. The zero-order chi connectivity index (χ0) is 17.3. The number of hydrogen-bond donors (Lipinski definition) is 2. The third-order valence-electron chi connectivity index (χ3n) is 2.70. The number of tetrazole rings is 1. The van der Waals surface area contributed by atoms with Crippen LogP contribution in [0.1, 0.15) is 13.8 Å². The molecule has 2 N–H and O–H groups in total. The van der Waals surface area contributed by atoms with Gasteiger partial charge in [0.25, 0.3) is 21.9 Å². The number of carbonyl (C=O) groups excluding carboxylic acids is 1. The zero-order valence-electron chi connectivity index (χ0n) is 12.6. The molecule has 0 aliphatic rings. The van der Waals surface area contributed by atoms with Crippen molar-refractivity contribution < 1.29 is 17.6 Å². The first kappa shape index (κ1) is 16.8. The van der Waals surface area contributed by atoms with Gasteiger partial charge in [0.05, 0.1) is 11.9 Å². The molecule has 0 spiro atoms. The van der Waals surface area contributed by atoms with E-state index >= 15 is 0 Å². The molecule has 1 amide bonds. The Morgan fingerprint density at radius 2 is 1.87 bits per heavy atom. The van der Waals surface area contributed by atoms with E-state index < -0.39 is 21.6 Å². The Kier molecular flexibility index (Phi) is 4.32. The third-order valence-corrected chi connectivity index (χ3v) is 4.04. The van der Waals surface area contributed by atoms with Crippen molar-refractivity contribution in [2.75, 3.05) is 10.0 Å². The van der Waals surface area contributed by atoms with Crippen LogP contribution < -0.4 is 10.0 Å². The molecule has 0 bridgehead atoms. The predicted molar refractivity (Wildman–Crippen MR) is 79.9 cm³/mol. The number of rotatable bonds is 5. The van der Waals surface area contributed by atoms with Gasteiger partial charge in [0.15, 0.2) is 5.67 Å². The molecular weight excluding hydrogens is 327 g/mol. The molecule has 2 aromatic rings. The Labute approximate surface area is 131 Å². The molecular formula is C12H15FN6O3S. The lowest BCUT2D eigenvalue weighted by atomic mass is 10.1. The number of aromatic nitrogens is 4. The average Bonchev–Trinajstić information content (AvgIpc) is 2.83. The summed E-state index contributed by atoms with van der Waals surface area (Å²) in [6.07, 6.45) is 0. The molecule has 11 heteroatoms. The van der Waals surface area contributed by atoms with Crippen LogP contribution in [0.4, 0.5) is 16.0 Å². The van der Waals surface area contributed by atoms with Crippen molar-refractivity contribution in [1.29, 1.82) is 0 Å². The van der Waals surface area contributed by atoms with Crippen molar-refractivity contribution in [2.45, 2.75) is 24.4 Å². The van der Waals surface area contributed by atoms with Crippen LogP contribution in [0.15, 0.2) is 29.2 Å². The fraction of sp³-hybridized carbons (Fsp3) is 0.333. The second kappa shape index (κ2) is 5.91. The fourth-order valence-electron chi connectivity index (χ4n) is 1.50. The molecule has 1 heterocycles. The second-order valence-electron chi connectivity index (χ2n) is 5.16. The van der Waals surface area contributed by atoms with E-state index in [9.17, 15) is 17.6 Å². The number of aryl methyl sites for hydroxylation is 1. The zero-order valence-corrected chi connectivity index (χ0v) is 13.4. The van der Waals surface area contributed by atoms with Crippen molar-refractivity contribution >= 4 is 27.6 Å². The molecule has 0 saturated heterocycles. The smallest absolute Gasteiger partial charge is 0.277 e. The molecule has 1 aromatic heterocycles. The molecule has 0 aliphatic heterocycles. The number of sulfonamides is 1. The van der Waals surface area contributed by atoms with Gasteiger partial charge in [0.2, 0.25) is 0 Å². The lowest BCUT2D eigenvalue weighted by molar-refractivity contribution is -0.125. The molecule has 0 atom stereocenters. The van der Waals surface area contributed by atoms with E-state index in [-0.39, 0.29) is 16.5 Å². The summed E-state index contributed by atoms with van der Waals surface area (Å²) in [5, 5.41) is 13.1. The highest BCUT2D eigenvalue weighted by Crippen LogP contribution is 2.18. The normalized spacial score (nSPS) is 12.0. The minimum atomic E-state index is -3.89. The number of benzene rings is 1. The number of amides is 1. The summed E-state index contributed by atoms with van der Waals surface area (Å²) in [5.41, 5.74) is -1.76. The van der Waals surface area contributed by atoms with Crippen LogP contribution in [-0.2, 0) is 21.9 Å².